The maximum absolute atomic E-state index is 12.9. The van der Waals surface area contributed by atoms with Gasteiger partial charge in [0, 0.05) is 12.4 Å². The van der Waals surface area contributed by atoms with Crippen molar-refractivity contribution in [2.24, 2.45) is 0 Å². The molecule has 0 aliphatic rings. The Balaban J connectivity index is 1.52. The maximum Gasteiger partial charge on any atom is 0.313 e. The van der Waals surface area contributed by atoms with Crippen LogP contribution in [0.25, 0.3) is 0 Å². The summed E-state index contributed by atoms with van der Waals surface area (Å²) in [6.07, 6.45) is 4.64. The van der Waals surface area contributed by atoms with Crippen molar-refractivity contribution in [1.82, 2.24) is 20.1 Å². The van der Waals surface area contributed by atoms with E-state index in [4.69, 9.17) is 0 Å². The van der Waals surface area contributed by atoms with Crippen molar-refractivity contribution in [2.45, 2.75) is 13.1 Å². The third-order valence-corrected chi connectivity index (χ3v) is 3.51. The second kappa shape index (κ2) is 8.02. The van der Waals surface area contributed by atoms with Crippen LogP contribution in [-0.4, -0.2) is 26.6 Å². The minimum atomic E-state index is -0.790. The Kier molecular flexibility index (Phi) is 5.33. The highest BCUT2D eigenvalue weighted by Crippen LogP contribution is 2.09. The standard InChI is InChI=1S/C18H16FN5O2/c19-14-6-4-13(5-7-14)11-24-12-16(10-22-24)23-18(26)17(25)21-9-15-3-1-2-8-20-15/h1-8,10,12H,9,11H2,(H,21,25)(H,23,26). The smallest absolute Gasteiger partial charge is 0.313 e. The fraction of sp³-hybridized carbons (Fsp3) is 0.111. The van der Waals surface area contributed by atoms with Crippen LogP contribution >= 0.6 is 0 Å². The highest BCUT2D eigenvalue weighted by molar-refractivity contribution is 6.39. The van der Waals surface area contributed by atoms with E-state index in [9.17, 15) is 14.0 Å². The molecule has 3 rings (SSSR count). The van der Waals surface area contributed by atoms with Crippen molar-refractivity contribution in [3.63, 3.8) is 0 Å². The maximum atomic E-state index is 12.9. The first-order valence-corrected chi connectivity index (χ1v) is 7.86. The lowest BCUT2D eigenvalue weighted by Crippen LogP contribution is -2.35. The molecule has 0 bridgehead atoms. The lowest BCUT2D eigenvalue weighted by Gasteiger charge is -2.04. The first kappa shape index (κ1) is 17.3. The van der Waals surface area contributed by atoms with E-state index in [1.165, 1.54) is 18.3 Å². The molecule has 132 valence electrons. The van der Waals surface area contributed by atoms with Crippen molar-refractivity contribution >= 4 is 17.5 Å². The molecule has 2 amide bonds. The topological polar surface area (TPSA) is 88.9 Å². The van der Waals surface area contributed by atoms with Gasteiger partial charge in [0.05, 0.1) is 30.7 Å². The van der Waals surface area contributed by atoms with Gasteiger partial charge in [0.1, 0.15) is 5.82 Å². The zero-order chi connectivity index (χ0) is 18.4. The number of halogens is 1. The molecule has 0 aliphatic carbocycles. The second-order valence-electron chi connectivity index (χ2n) is 5.51. The first-order chi connectivity index (χ1) is 12.6. The number of aromatic nitrogens is 3. The van der Waals surface area contributed by atoms with E-state index in [2.05, 4.69) is 20.7 Å². The fourth-order valence-electron chi connectivity index (χ4n) is 2.23. The van der Waals surface area contributed by atoms with Gasteiger partial charge in [0.2, 0.25) is 0 Å². The number of nitrogens with zero attached hydrogens (tertiary/aromatic N) is 3. The van der Waals surface area contributed by atoms with E-state index in [1.54, 1.807) is 47.4 Å². The van der Waals surface area contributed by atoms with Crippen molar-refractivity contribution in [2.75, 3.05) is 5.32 Å². The van der Waals surface area contributed by atoms with Gasteiger partial charge in [-0.05, 0) is 29.8 Å². The van der Waals surface area contributed by atoms with Crippen molar-refractivity contribution < 1.29 is 14.0 Å². The quantitative estimate of drug-likeness (QED) is 0.684. The van der Waals surface area contributed by atoms with Gasteiger partial charge < -0.3 is 10.6 Å². The zero-order valence-electron chi connectivity index (χ0n) is 13.7. The molecule has 0 aliphatic heterocycles. The number of amides is 2. The molecule has 3 aromatic rings. The van der Waals surface area contributed by atoms with Crippen LogP contribution in [0.5, 0.6) is 0 Å². The van der Waals surface area contributed by atoms with E-state index in [-0.39, 0.29) is 12.4 Å². The summed E-state index contributed by atoms with van der Waals surface area (Å²) in [6.45, 7) is 0.582. The normalized spacial score (nSPS) is 10.3. The van der Waals surface area contributed by atoms with E-state index in [0.717, 1.165) is 5.56 Å². The van der Waals surface area contributed by atoms with Crippen LogP contribution in [0.2, 0.25) is 0 Å². The average Bonchev–Trinajstić information content (AvgIpc) is 3.09. The molecule has 0 saturated heterocycles. The van der Waals surface area contributed by atoms with Crippen LogP contribution in [-0.2, 0) is 22.7 Å². The lowest BCUT2D eigenvalue weighted by molar-refractivity contribution is -0.136. The van der Waals surface area contributed by atoms with Gasteiger partial charge in [-0.1, -0.05) is 18.2 Å². The molecule has 2 N–H and O–H groups in total. The summed E-state index contributed by atoms with van der Waals surface area (Å²) in [7, 11) is 0. The van der Waals surface area contributed by atoms with Crippen molar-refractivity contribution in [3.05, 3.63) is 78.1 Å². The molecular weight excluding hydrogens is 337 g/mol. The van der Waals surface area contributed by atoms with Crippen LogP contribution in [0.3, 0.4) is 0 Å². The third-order valence-electron chi connectivity index (χ3n) is 3.51. The van der Waals surface area contributed by atoms with Crippen molar-refractivity contribution in [1.29, 1.82) is 0 Å². The monoisotopic (exact) mass is 353 g/mol. The number of anilines is 1. The Hall–Kier alpha value is -3.55. The Labute approximate surface area is 148 Å². The number of hydrogen-bond acceptors (Lipinski definition) is 4. The molecule has 7 nitrogen and oxygen atoms in total. The Bertz CT molecular complexity index is 893. The summed E-state index contributed by atoms with van der Waals surface area (Å²) in [5, 5.41) is 9.08. The lowest BCUT2D eigenvalue weighted by atomic mass is 10.2. The Morgan fingerprint density at radius 2 is 1.88 bits per heavy atom. The van der Waals surface area contributed by atoms with E-state index in [0.29, 0.717) is 17.9 Å². The van der Waals surface area contributed by atoms with E-state index >= 15 is 0 Å². The largest absolute Gasteiger partial charge is 0.342 e. The summed E-state index contributed by atoms with van der Waals surface area (Å²) in [6, 6.07) is 11.4. The first-order valence-electron chi connectivity index (χ1n) is 7.86. The van der Waals surface area contributed by atoms with Crippen LogP contribution in [0, 0.1) is 5.82 Å². The molecule has 0 fully saturated rings. The summed E-state index contributed by atoms with van der Waals surface area (Å²) in [5.74, 6) is -1.86. The Morgan fingerprint density at radius 3 is 2.62 bits per heavy atom. The van der Waals surface area contributed by atoms with E-state index < -0.39 is 11.8 Å². The number of carbonyl (C=O) groups excluding carboxylic acids is 2. The van der Waals surface area contributed by atoms with Gasteiger partial charge in [-0.15, -0.1) is 0 Å². The molecule has 0 saturated carbocycles. The molecule has 8 heteroatoms. The molecule has 2 heterocycles. The predicted octanol–water partition coefficient (Wildman–Crippen LogP) is 1.72. The minimum Gasteiger partial charge on any atom is -0.342 e. The minimum absolute atomic E-state index is 0.164. The number of nitrogens with one attached hydrogen (secondary N) is 2. The van der Waals surface area contributed by atoms with Gasteiger partial charge in [-0.3, -0.25) is 19.3 Å². The second-order valence-corrected chi connectivity index (χ2v) is 5.51. The zero-order valence-corrected chi connectivity index (χ0v) is 13.7. The summed E-state index contributed by atoms with van der Waals surface area (Å²) in [5.41, 5.74) is 1.91. The average molecular weight is 353 g/mol. The van der Waals surface area contributed by atoms with Gasteiger partial charge in [-0.2, -0.15) is 5.10 Å². The summed E-state index contributed by atoms with van der Waals surface area (Å²) in [4.78, 5) is 27.8. The number of benzene rings is 1. The van der Waals surface area contributed by atoms with Crippen LogP contribution in [0.4, 0.5) is 10.1 Å². The van der Waals surface area contributed by atoms with Gasteiger partial charge in [-0.25, -0.2) is 4.39 Å². The van der Waals surface area contributed by atoms with Crippen molar-refractivity contribution in [3.8, 4) is 0 Å². The number of rotatable bonds is 5. The number of hydrogen-bond donors (Lipinski definition) is 2. The molecule has 2 aromatic heterocycles. The Morgan fingerprint density at radius 1 is 1.08 bits per heavy atom. The number of pyridine rings is 1. The molecule has 0 radical (unpaired) electrons. The highest BCUT2D eigenvalue weighted by atomic mass is 19.1. The van der Waals surface area contributed by atoms with E-state index in [1.807, 2.05) is 0 Å². The molecule has 0 spiro atoms. The van der Waals surface area contributed by atoms with Gasteiger partial charge >= 0.3 is 11.8 Å². The molecule has 26 heavy (non-hydrogen) atoms. The fourth-order valence-corrected chi connectivity index (χ4v) is 2.23. The van der Waals surface area contributed by atoms with Crippen LogP contribution < -0.4 is 10.6 Å². The van der Waals surface area contributed by atoms with Gasteiger partial charge in [0.15, 0.2) is 0 Å². The molecular formula is C18H16FN5O2. The SMILES string of the molecule is O=C(NCc1ccccn1)C(=O)Nc1cnn(Cc2ccc(F)cc2)c1. The van der Waals surface area contributed by atoms with Gasteiger partial charge in [0.25, 0.3) is 0 Å². The van der Waals surface area contributed by atoms with Crippen LogP contribution in [0.15, 0.2) is 61.1 Å². The third kappa shape index (κ3) is 4.73. The molecule has 0 atom stereocenters. The summed E-state index contributed by atoms with van der Waals surface area (Å²) >= 11 is 0. The number of carbonyl (C=O) groups is 2. The predicted molar refractivity (Wildman–Crippen MR) is 92.4 cm³/mol. The summed E-state index contributed by atoms with van der Waals surface area (Å²) < 4.78 is 14.5. The highest BCUT2D eigenvalue weighted by Gasteiger charge is 2.14. The van der Waals surface area contributed by atoms with Crippen LogP contribution in [0.1, 0.15) is 11.3 Å². The molecule has 0 unspecified atom stereocenters. The molecule has 1 aromatic carbocycles.